The van der Waals surface area contributed by atoms with Gasteiger partial charge < -0.3 is 19.0 Å². The Morgan fingerprint density at radius 2 is 1.42 bits per heavy atom. The molecule has 10 rings (SSSR count). The Hall–Kier alpha value is -6.20. The second-order valence-electron chi connectivity index (χ2n) is 18.7. The molecule has 0 aliphatic rings. The summed E-state index contributed by atoms with van der Waals surface area (Å²) in [5.74, 6) is 1.62. The van der Waals surface area contributed by atoms with E-state index in [0.29, 0.717) is 28.3 Å². The molecule has 0 amide bonds. The van der Waals surface area contributed by atoms with Crippen molar-refractivity contribution >= 4 is 43.7 Å². The zero-order chi connectivity index (χ0) is 47.4. The standard InChI is InChI=1S/C48H48N3O.C11H8N.Ir/c1-27(2)33-22-36(28(3)4)44(37(23-33)29(5)6)38-24-42(49-26-30(38)7)35-18-14-17-34-40-21-32-19-20-41-45(39(32)25-43(40)52-46(34)35)51(48(8,9)10)47(50-41)31-15-12-11-13-16-31;1-2-6-10(7-3-1)11-8-4-5-9-12-11;/h11-17,19-29H,1-10H3;1-6,8-9H;/q2*-1;/i7D3;;. The van der Waals surface area contributed by atoms with Gasteiger partial charge in [0.15, 0.2) is 0 Å². The van der Waals surface area contributed by atoms with E-state index in [9.17, 15) is 0 Å². The van der Waals surface area contributed by atoms with Crippen LogP contribution in [0, 0.1) is 19.0 Å². The van der Waals surface area contributed by atoms with E-state index in [1.54, 1.807) is 12.4 Å². The summed E-state index contributed by atoms with van der Waals surface area (Å²) >= 11 is 0. The van der Waals surface area contributed by atoms with E-state index in [4.69, 9.17) is 18.5 Å². The van der Waals surface area contributed by atoms with Crippen molar-refractivity contribution in [3.63, 3.8) is 0 Å². The van der Waals surface area contributed by atoms with Gasteiger partial charge in [-0.25, -0.2) is 4.98 Å². The maximum Gasteiger partial charge on any atom is 0.141 e. The minimum absolute atomic E-state index is 0. The molecule has 4 aromatic heterocycles. The molecule has 0 saturated heterocycles. The number of hydrogen-bond donors (Lipinski definition) is 0. The van der Waals surface area contributed by atoms with Crippen LogP contribution in [0.2, 0.25) is 0 Å². The molecule has 329 valence electrons. The van der Waals surface area contributed by atoms with Crippen LogP contribution in [0.5, 0.6) is 0 Å². The first kappa shape index (κ1) is 41.5. The topological polar surface area (TPSA) is 56.7 Å². The fourth-order valence-electron chi connectivity index (χ4n) is 8.89. The van der Waals surface area contributed by atoms with Crippen molar-refractivity contribution in [1.29, 1.82) is 0 Å². The zero-order valence-corrected chi connectivity index (χ0v) is 40.9. The van der Waals surface area contributed by atoms with Crippen molar-refractivity contribution < 1.29 is 28.6 Å². The Morgan fingerprint density at radius 1 is 0.677 bits per heavy atom. The van der Waals surface area contributed by atoms with E-state index in [1.165, 1.54) is 5.56 Å². The van der Waals surface area contributed by atoms with Gasteiger partial charge in [0.1, 0.15) is 11.4 Å². The van der Waals surface area contributed by atoms with E-state index in [-0.39, 0.29) is 43.0 Å². The van der Waals surface area contributed by atoms with Crippen LogP contribution in [0.15, 0.2) is 144 Å². The summed E-state index contributed by atoms with van der Waals surface area (Å²) in [6.45, 7) is 17.4. The van der Waals surface area contributed by atoms with Gasteiger partial charge in [-0.3, -0.25) is 0 Å². The van der Waals surface area contributed by atoms with Crippen LogP contribution in [0.25, 0.3) is 88.8 Å². The van der Waals surface area contributed by atoms with Crippen molar-refractivity contribution in [1.82, 2.24) is 19.5 Å². The zero-order valence-electron chi connectivity index (χ0n) is 41.5. The maximum absolute atomic E-state index is 8.60. The Balaban J connectivity index is 0.000000417. The number of fused-ring (bicyclic) bond motifs is 6. The molecule has 0 saturated carbocycles. The molecule has 1 radical (unpaired) electrons. The monoisotopic (exact) mass is 1030 g/mol. The number of rotatable bonds is 7. The molecule has 6 heteroatoms. The fourth-order valence-corrected chi connectivity index (χ4v) is 8.89. The van der Waals surface area contributed by atoms with Crippen molar-refractivity contribution in [2.45, 2.75) is 92.5 Å². The Morgan fingerprint density at radius 3 is 2.06 bits per heavy atom. The number of imidazole rings is 1. The second-order valence-corrected chi connectivity index (χ2v) is 18.7. The predicted octanol–water partition coefficient (Wildman–Crippen LogP) is 16.3. The fraction of sp³-hybridized carbons (Fsp3) is 0.237. The van der Waals surface area contributed by atoms with Crippen molar-refractivity contribution in [3.8, 4) is 45.0 Å². The van der Waals surface area contributed by atoms with Crippen molar-refractivity contribution in [2.24, 2.45) is 0 Å². The van der Waals surface area contributed by atoms with Crippen LogP contribution in [-0.4, -0.2) is 19.5 Å². The smallest absolute Gasteiger partial charge is 0.141 e. The third-order valence-corrected chi connectivity index (χ3v) is 12.1. The minimum atomic E-state index is -2.36. The SMILES string of the molecule is [2H]C([2H])([2H])c1cnc(-c2[c-]ccc3c2oc2cc4c(ccc5nc(-c6ccccc6)n(C(C)(C)C)c54)cc23)cc1-c1c(C(C)C)cc(C(C)C)cc1C(C)C.[Ir].[c-]1ccccc1-c1ccccn1. The molecule has 10 aromatic rings. The molecule has 5 nitrogen and oxygen atoms in total. The summed E-state index contributed by atoms with van der Waals surface area (Å²) < 4.78 is 35.0. The van der Waals surface area contributed by atoms with Gasteiger partial charge in [0.05, 0.1) is 16.6 Å². The molecule has 65 heavy (non-hydrogen) atoms. The molecule has 0 N–H and O–H groups in total. The summed E-state index contributed by atoms with van der Waals surface area (Å²) in [6.07, 6.45) is 3.33. The van der Waals surface area contributed by atoms with Crippen molar-refractivity contribution in [2.75, 3.05) is 0 Å². The van der Waals surface area contributed by atoms with Crippen molar-refractivity contribution in [3.05, 3.63) is 174 Å². The molecule has 0 bridgehead atoms. The van der Waals surface area contributed by atoms with E-state index >= 15 is 0 Å². The average Bonchev–Trinajstić information content (AvgIpc) is 3.90. The molecule has 0 atom stereocenters. The maximum atomic E-state index is 8.60. The second kappa shape index (κ2) is 18.4. The van der Waals surface area contributed by atoms with E-state index in [0.717, 1.165) is 77.5 Å². The van der Waals surface area contributed by atoms with Crippen LogP contribution >= 0.6 is 0 Å². The molecule has 0 fully saturated rings. The summed E-state index contributed by atoms with van der Waals surface area (Å²) in [7, 11) is 0. The first-order valence-corrected chi connectivity index (χ1v) is 22.3. The molecular formula is C59H56IrN4O-2. The van der Waals surface area contributed by atoms with Crippen LogP contribution in [0.4, 0.5) is 0 Å². The number of benzene rings is 6. The molecule has 0 aliphatic carbocycles. The van der Waals surface area contributed by atoms with Gasteiger partial charge in [0, 0.05) is 58.5 Å². The van der Waals surface area contributed by atoms with Gasteiger partial charge in [-0.2, -0.15) is 0 Å². The number of furan rings is 1. The molecule has 4 heterocycles. The third kappa shape index (κ3) is 8.70. The number of pyridine rings is 2. The predicted molar refractivity (Wildman–Crippen MR) is 268 cm³/mol. The summed E-state index contributed by atoms with van der Waals surface area (Å²) in [6, 6.07) is 49.7. The minimum Gasteiger partial charge on any atom is -0.501 e. The van der Waals surface area contributed by atoms with E-state index in [2.05, 4.69) is 145 Å². The van der Waals surface area contributed by atoms with Gasteiger partial charge in [0.25, 0.3) is 0 Å². The molecular weight excluding hydrogens is 973 g/mol. The summed E-state index contributed by atoms with van der Waals surface area (Å²) in [5.41, 5.74) is 13.0. The Labute approximate surface area is 401 Å². The van der Waals surface area contributed by atoms with Crippen LogP contribution in [0.1, 0.15) is 106 Å². The molecule has 0 unspecified atom stereocenters. The number of hydrogen-bond acceptors (Lipinski definition) is 4. The van der Waals surface area contributed by atoms with Gasteiger partial charge in [-0.05, 0) is 120 Å². The van der Waals surface area contributed by atoms with Gasteiger partial charge >= 0.3 is 0 Å². The number of aromatic nitrogens is 4. The first-order chi connectivity index (χ1) is 32.0. The first-order valence-electron chi connectivity index (χ1n) is 23.8. The normalized spacial score (nSPS) is 12.7. The van der Waals surface area contributed by atoms with E-state index in [1.807, 2.05) is 66.7 Å². The molecule has 0 aliphatic heterocycles. The van der Waals surface area contributed by atoms with Crippen LogP contribution in [0.3, 0.4) is 0 Å². The number of nitrogens with zero attached hydrogens (tertiary/aromatic N) is 4. The van der Waals surface area contributed by atoms with E-state index < -0.39 is 6.85 Å². The summed E-state index contributed by atoms with van der Waals surface area (Å²) in [4.78, 5) is 14.2. The Kier molecular flexibility index (Phi) is 11.7. The van der Waals surface area contributed by atoms with Gasteiger partial charge in [0.2, 0.25) is 0 Å². The quantitative estimate of drug-likeness (QED) is 0.149. The largest absolute Gasteiger partial charge is 0.501 e. The molecule has 6 aromatic carbocycles. The van der Waals surface area contributed by atoms with Crippen LogP contribution < -0.4 is 0 Å². The summed E-state index contributed by atoms with van der Waals surface area (Å²) in [5, 5.41) is 4.11. The van der Waals surface area contributed by atoms with Gasteiger partial charge in [-0.15, -0.1) is 54.1 Å². The average molecular weight is 1030 g/mol. The Bertz CT molecular complexity index is 3340. The third-order valence-electron chi connectivity index (χ3n) is 12.1. The molecule has 0 spiro atoms. The van der Waals surface area contributed by atoms with Gasteiger partial charge in [-0.1, -0.05) is 119 Å². The number of aryl methyl sites for hydroxylation is 1. The van der Waals surface area contributed by atoms with Crippen LogP contribution in [-0.2, 0) is 25.6 Å².